The van der Waals surface area contributed by atoms with Crippen LogP contribution in [0.5, 0.6) is 0 Å². The zero-order valence-electron chi connectivity index (χ0n) is 10.4. The van der Waals surface area contributed by atoms with E-state index in [-0.39, 0.29) is 29.9 Å². The van der Waals surface area contributed by atoms with Crippen molar-refractivity contribution in [2.24, 2.45) is 11.5 Å². The van der Waals surface area contributed by atoms with Crippen LogP contribution in [0.25, 0.3) is 0 Å². The molecule has 0 fully saturated rings. The van der Waals surface area contributed by atoms with Crippen LogP contribution in [0.15, 0.2) is 0 Å². The van der Waals surface area contributed by atoms with E-state index in [4.69, 9.17) is 11.5 Å². The summed E-state index contributed by atoms with van der Waals surface area (Å²) in [5.74, 6) is 0. The number of nitrogens with two attached hydrogens (primary N) is 2. The largest absolute Gasteiger partial charge is 1.00 e. The Hall–Kier alpha value is 0.517. The van der Waals surface area contributed by atoms with Gasteiger partial charge in [0.15, 0.2) is 0 Å². The topological polar surface area (TPSA) is 52.0 Å². The third kappa shape index (κ3) is 12.5. The van der Waals surface area contributed by atoms with Gasteiger partial charge in [-0.2, -0.15) is 13.3 Å². The molecule has 0 spiro atoms. The maximum Gasteiger partial charge on any atom is 1.00 e. The Kier molecular flexibility index (Phi) is 11.6. The van der Waals surface area contributed by atoms with E-state index in [1.807, 2.05) is 27.7 Å². The molecule has 0 aliphatic heterocycles. The molecule has 3 heteroatoms. The fourth-order valence-electron chi connectivity index (χ4n) is 0. The van der Waals surface area contributed by atoms with E-state index in [1.54, 1.807) is 0 Å². The number of unbranched alkanes of at least 4 members (excludes halogenated alkanes) is 1. The molecule has 0 radical (unpaired) electrons. The Balaban J connectivity index is -0.000000173. The molecule has 0 atom stereocenters. The van der Waals surface area contributed by atoms with Crippen molar-refractivity contribution in [2.45, 2.75) is 59.0 Å². The van der Waals surface area contributed by atoms with Crippen molar-refractivity contribution in [1.29, 1.82) is 0 Å². The van der Waals surface area contributed by atoms with Crippen molar-refractivity contribution < 1.29 is 18.9 Å². The molecule has 76 valence electrons. The van der Waals surface area contributed by atoms with Gasteiger partial charge in [-0.25, -0.2) is 0 Å². The molecular weight excluding hydrogens is 155 g/mol. The Bertz CT molecular complexity index is 86.5. The molecule has 0 aromatic rings. The molecule has 0 aliphatic rings. The standard InChI is InChI=1S/C6H16N2.C4H9.Li/c1-5(2,7)6(3,4)8;1-3-4-2;/h7-8H2,1-4H3;3H,4H2,1-2H3;/q;-1;+1. The van der Waals surface area contributed by atoms with Crippen molar-refractivity contribution in [3.05, 3.63) is 6.42 Å². The van der Waals surface area contributed by atoms with Gasteiger partial charge in [0.2, 0.25) is 0 Å². The third-order valence-electron chi connectivity index (χ3n) is 2.07. The van der Waals surface area contributed by atoms with Gasteiger partial charge in [-0.05, 0) is 27.7 Å². The first-order chi connectivity index (χ1) is 5.16. The fraction of sp³-hybridized carbons (Fsp3) is 0.900. The summed E-state index contributed by atoms with van der Waals surface area (Å²) in [6.45, 7) is 11.9. The zero-order valence-corrected chi connectivity index (χ0v) is 10.4. The molecule has 0 unspecified atom stereocenters. The van der Waals surface area contributed by atoms with E-state index >= 15 is 0 Å². The summed E-state index contributed by atoms with van der Waals surface area (Å²) in [5.41, 5.74) is 10.8. The fourth-order valence-corrected chi connectivity index (χ4v) is 0. The average Bonchev–Trinajstić information content (AvgIpc) is 1.84. The molecule has 0 bridgehead atoms. The third-order valence-corrected chi connectivity index (χ3v) is 2.07. The van der Waals surface area contributed by atoms with Gasteiger partial charge in [0.25, 0.3) is 0 Å². The predicted molar refractivity (Wildman–Crippen MR) is 56.8 cm³/mol. The van der Waals surface area contributed by atoms with Crippen LogP contribution >= 0.6 is 0 Å². The predicted octanol–water partition coefficient (Wildman–Crippen LogP) is -0.914. The monoisotopic (exact) mass is 180 g/mol. The minimum absolute atomic E-state index is 0. The Morgan fingerprint density at radius 2 is 1.15 bits per heavy atom. The van der Waals surface area contributed by atoms with Crippen LogP contribution in [0, 0.1) is 6.42 Å². The van der Waals surface area contributed by atoms with Crippen molar-refractivity contribution in [3.63, 3.8) is 0 Å². The molecule has 0 amide bonds. The number of rotatable bonds is 2. The first-order valence-corrected chi connectivity index (χ1v) is 4.52. The summed E-state index contributed by atoms with van der Waals surface area (Å²) in [6.07, 6.45) is 3.32. The molecule has 13 heavy (non-hydrogen) atoms. The molecule has 0 saturated carbocycles. The molecule has 4 N–H and O–H groups in total. The minimum Gasteiger partial charge on any atom is -0.332 e. The van der Waals surface area contributed by atoms with E-state index in [2.05, 4.69) is 20.3 Å². The Morgan fingerprint density at radius 3 is 1.15 bits per heavy atom. The second kappa shape index (κ2) is 7.88. The smallest absolute Gasteiger partial charge is 0.332 e. The van der Waals surface area contributed by atoms with E-state index < -0.39 is 0 Å². The SMILES string of the molecule is CC(C)(N)C(C)(C)N.C[CH-]CC.[Li+]. The van der Waals surface area contributed by atoms with Gasteiger partial charge in [0.1, 0.15) is 0 Å². The Labute approximate surface area is 96.0 Å². The first-order valence-electron chi connectivity index (χ1n) is 4.52. The number of hydrogen-bond donors (Lipinski definition) is 2. The van der Waals surface area contributed by atoms with Gasteiger partial charge < -0.3 is 17.9 Å². The Morgan fingerprint density at radius 1 is 1.00 bits per heavy atom. The van der Waals surface area contributed by atoms with Crippen LogP contribution < -0.4 is 30.3 Å². The maximum atomic E-state index is 5.69. The molecule has 0 aromatic carbocycles. The summed E-state index contributed by atoms with van der Waals surface area (Å²) in [7, 11) is 0. The van der Waals surface area contributed by atoms with E-state index in [9.17, 15) is 0 Å². The van der Waals surface area contributed by atoms with Gasteiger partial charge in [-0.1, -0.05) is 6.92 Å². The molecule has 0 aromatic heterocycles. The van der Waals surface area contributed by atoms with Gasteiger partial charge in [-0.15, -0.1) is 0 Å². The van der Waals surface area contributed by atoms with Crippen LogP contribution in [-0.4, -0.2) is 11.1 Å². The molecule has 0 aliphatic carbocycles. The summed E-state index contributed by atoms with van der Waals surface area (Å²) >= 11 is 0. The van der Waals surface area contributed by atoms with Gasteiger partial charge in [-0.3, -0.25) is 0 Å². The van der Waals surface area contributed by atoms with Crippen LogP contribution in [0.4, 0.5) is 0 Å². The molecule has 0 heterocycles. The molecular formula is C10H25LiN2. The van der Waals surface area contributed by atoms with E-state index in [1.165, 1.54) is 6.42 Å². The average molecular weight is 180 g/mol. The van der Waals surface area contributed by atoms with E-state index in [0.29, 0.717) is 0 Å². The van der Waals surface area contributed by atoms with Crippen LogP contribution in [-0.2, 0) is 0 Å². The van der Waals surface area contributed by atoms with Crippen molar-refractivity contribution in [3.8, 4) is 0 Å². The second-order valence-corrected chi connectivity index (χ2v) is 4.26. The summed E-state index contributed by atoms with van der Waals surface area (Å²) in [5, 5.41) is 0. The summed E-state index contributed by atoms with van der Waals surface area (Å²) < 4.78 is 0. The molecule has 0 rings (SSSR count). The van der Waals surface area contributed by atoms with Crippen molar-refractivity contribution >= 4 is 0 Å². The maximum absolute atomic E-state index is 5.69. The van der Waals surface area contributed by atoms with E-state index in [0.717, 1.165) is 0 Å². The summed E-state index contributed by atoms with van der Waals surface area (Å²) in [6, 6.07) is 0. The molecule has 2 nitrogen and oxygen atoms in total. The number of hydrogen-bond acceptors (Lipinski definition) is 2. The van der Waals surface area contributed by atoms with Crippen LogP contribution in [0.1, 0.15) is 48.0 Å². The van der Waals surface area contributed by atoms with Crippen molar-refractivity contribution in [2.75, 3.05) is 0 Å². The van der Waals surface area contributed by atoms with Crippen LogP contribution in [0.2, 0.25) is 0 Å². The normalized spacial score (nSPS) is 11.1. The van der Waals surface area contributed by atoms with Gasteiger partial charge in [0.05, 0.1) is 0 Å². The van der Waals surface area contributed by atoms with Gasteiger partial charge >= 0.3 is 18.9 Å². The molecule has 0 saturated heterocycles. The second-order valence-electron chi connectivity index (χ2n) is 4.26. The van der Waals surface area contributed by atoms with Crippen LogP contribution in [0.3, 0.4) is 0 Å². The summed E-state index contributed by atoms with van der Waals surface area (Å²) in [4.78, 5) is 0. The van der Waals surface area contributed by atoms with Gasteiger partial charge in [0, 0.05) is 11.1 Å². The quantitative estimate of drug-likeness (QED) is 0.427. The van der Waals surface area contributed by atoms with Crippen molar-refractivity contribution in [1.82, 2.24) is 0 Å². The first kappa shape index (κ1) is 19.1. The minimum atomic E-state index is -0.285. The zero-order chi connectivity index (χ0) is 10.4.